The number of rotatable bonds is 2. The molecule has 0 unspecified atom stereocenters. The van der Waals surface area contributed by atoms with Crippen molar-refractivity contribution in [1.82, 2.24) is 9.78 Å². The van der Waals surface area contributed by atoms with Gasteiger partial charge in [-0.2, -0.15) is 5.10 Å². The van der Waals surface area contributed by atoms with Crippen molar-refractivity contribution in [3.63, 3.8) is 0 Å². The second kappa shape index (κ2) is 4.41. The second-order valence-corrected chi connectivity index (χ2v) is 3.91. The van der Waals surface area contributed by atoms with Crippen LogP contribution in [-0.4, -0.2) is 22.9 Å². The Kier molecular flexibility index (Phi) is 2.95. The van der Waals surface area contributed by atoms with Crippen LogP contribution >= 0.6 is 0 Å². The predicted octanol–water partition coefficient (Wildman–Crippen LogP) is 2.28. The van der Waals surface area contributed by atoms with Gasteiger partial charge in [-0.25, -0.2) is 9.48 Å². The molecule has 4 nitrogen and oxygen atoms in total. The summed E-state index contributed by atoms with van der Waals surface area (Å²) in [6.45, 7) is 3.92. The Bertz CT molecular complexity index is 558. The zero-order valence-corrected chi connectivity index (χ0v) is 10.1. The van der Waals surface area contributed by atoms with E-state index in [1.165, 1.54) is 7.11 Å². The van der Waals surface area contributed by atoms with Gasteiger partial charge in [0.1, 0.15) is 0 Å². The fourth-order valence-corrected chi connectivity index (χ4v) is 1.70. The Hall–Kier alpha value is -2.10. The molecule has 0 radical (unpaired) electrons. The zero-order valence-electron chi connectivity index (χ0n) is 10.1. The molecule has 1 aromatic heterocycles. The molecule has 0 saturated carbocycles. The zero-order chi connectivity index (χ0) is 12.4. The number of nitrogens with zero attached hydrogens (tertiary/aromatic N) is 2. The maximum absolute atomic E-state index is 11.4. The topological polar surface area (TPSA) is 44.1 Å². The maximum atomic E-state index is 11.4. The summed E-state index contributed by atoms with van der Waals surface area (Å²) < 4.78 is 6.38. The lowest BCUT2D eigenvalue weighted by molar-refractivity contribution is 0.0593. The molecule has 0 aliphatic rings. The summed E-state index contributed by atoms with van der Waals surface area (Å²) in [7, 11) is 1.35. The fraction of sp³-hybridized carbons (Fsp3) is 0.231. The molecule has 0 spiro atoms. The molecular weight excluding hydrogens is 216 g/mol. The molecule has 0 amide bonds. The van der Waals surface area contributed by atoms with E-state index in [9.17, 15) is 4.79 Å². The van der Waals surface area contributed by atoms with Crippen molar-refractivity contribution >= 4 is 5.97 Å². The third-order valence-corrected chi connectivity index (χ3v) is 2.53. The molecule has 2 rings (SSSR count). The summed E-state index contributed by atoms with van der Waals surface area (Å²) in [5, 5.41) is 4.23. The summed E-state index contributed by atoms with van der Waals surface area (Å²) in [5.74, 6) is -0.417. The van der Waals surface area contributed by atoms with Gasteiger partial charge in [0.05, 0.1) is 12.8 Å². The Balaban J connectivity index is 2.46. The number of carbonyl (C=O) groups excluding carboxylic acids is 1. The van der Waals surface area contributed by atoms with Gasteiger partial charge in [-0.15, -0.1) is 0 Å². The van der Waals surface area contributed by atoms with Crippen LogP contribution < -0.4 is 0 Å². The third-order valence-electron chi connectivity index (χ3n) is 2.53. The average molecular weight is 230 g/mol. The van der Waals surface area contributed by atoms with Crippen LogP contribution in [0.2, 0.25) is 0 Å². The van der Waals surface area contributed by atoms with Crippen LogP contribution in [0.4, 0.5) is 0 Å². The van der Waals surface area contributed by atoms with Crippen LogP contribution in [0.5, 0.6) is 0 Å². The number of carbonyl (C=O) groups is 1. The molecule has 0 N–H and O–H groups in total. The molecule has 2 aromatic rings. The largest absolute Gasteiger partial charge is 0.464 e. The summed E-state index contributed by atoms with van der Waals surface area (Å²) in [4.78, 5) is 11.4. The molecule has 0 saturated heterocycles. The molecular formula is C13H14N2O2. The third kappa shape index (κ3) is 2.20. The van der Waals surface area contributed by atoms with Crippen LogP contribution in [0.25, 0.3) is 5.69 Å². The van der Waals surface area contributed by atoms with Crippen LogP contribution in [0.1, 0.15) is 21.7 Å². The van der Waals surface area contributed by atoms with Crippen molar-refractivity contribution in [1.29, 1.82) is 0 Å². The van der Waals surface area contributed by atoms with E-state index in [1.807, 2.05) is 38.1 Å². The van der Waals surface area contributed by atoms with Crippen LogP contribution in [0, 0.1) is 13.8 Å². The van der Waals surface area contributed by atoms with Gasteiger partial charge in [-0.1, -0.05) is 12.1 Å². The highest BCUT2D eigenvalue weighted by Crippen LogP contribution is 2.14. The van der Waals surface area contributed by atoms with Gasteiger partial charge in [0.15, 0.2) is 5.69 Å². The SMILES string of the molecule is COC(=O)c1cc(C)n(-c2cccc(C)c2)n1. The number of methoxy groups -OCH3 is 1. The Morgan fingerprint density at radius 2 is 2.06 bits per heavy atom. The van der Waals surface area contributed by atoms with Crippen molar-refractivity contribution in [2.45, 2.75) is 13.8 Å². The highest BCUT2D eigenvalue weighted by Gasteiger charge is 2.13. The summed E-state index contributed by atoms with van der Waals surface area (Å²) in [6.07, 6.45) is 0. The van der Waals surface area contributed by atoms with E-state index in [0.29, 0.717) is 5.69 Å². The molecule has 4 heteroatoms. The van der Waals surface area contributed by atoms with E-state index in [4.69, 9.17) is 0 Å². The van der Waals surface area contributed by atoms with Gasteiger partial charge in [-0.3, -0.25) is 0 Å². The highest BCUT2D eigenvalue weighted by atomic mass is 16.5. The van der Waals surface area contributed by atoms with Crippen LogP contribution in [0.3, 0.4) is 0 Å². The number of aryl methyl sites for hydroxylation is 2. The molecule has 1 heterocycles. The number of hydrogen-bond acceptors (Lipinski definition) is 3. The van der Waals surface area contributed by atoms with E-state index in [1.54, 1.807) is 10.7 Å². The van der Waals surface area contributed by atoms with Crippen molar-refractivity contribution in [2.75, 3.05) is 7.11 Å². The van der Waals surface area contributed by atoms with Crippen molar-refractivity contribution in [2.24, 2.45) is 0 Å². The fourth-order valence-electron chi connectivity index (χ4n) is 1.70. The average Bonchev–Trinajstić information content (AvgIpc) is 2.70. The summed E-state index contributed by atoms with van der Waals surface area (Å²) in [5.41, 5.74) is 3.32. The lowest BCUT2D eigenvalue weighted by atomic mass is 10.2. The molecule has 88 valence electrons. The number of esters is 1. The molecule has 0 aliphatic carbocycles. The maximum Gasteiger partial charge on any atom is 0.358 e. The Morgan fingerprint density at radius 1 is 1.29 bits per heavy atom. The lowest BCUT2D eigenvalue weighted by Gasteiger charge is -2.04. The quantitative estimate of drug-likeness (QED) is 0.743. The van der Waals surface area contributed by atoms with Crippen LogP contribution in [0.15, 0.2) is 30.3 Å². The van der Waals surface area contributed by atoms with Gasteiger partial charge < -0.3 is 4.74 Å². The second-order valence-electron chi connectivity index (χ2n) is 3.91. The molecule has 1 aromatic carbocycles. The molecule has 0 fully saturated rings. The number of ether oxygens (including phenoxy) is 1. The van der Waals surface area contributed by atoms with Crippen molar-refractivity contribution in [3.05, 3.63) is 47.3 Å². The first-order chi connectivity index (χ1) is 8.11. The first-order valence-corrected chi connectivity index (χ1v) is 5.34. The van der Waals surface area contributed by atoms with E-state index in [2.05, 4.69) is 9.84 Å². The molecule has 0 aliphatic heterocycles. The monoisotopic (exact) mass is 230 g/mol. The van der Waals surface area contributed by atoms with Gasteiger partial charge in [0.2, 0.25) is 0 Å². The summed E-state index contributed by atoms with van der Waals surface area (Å²) in [6, 6.07) is 9.66. The Labute approximate surface area is 99.8 Å². The lowest BCUT2D eigenvalue weighted by Crippen LogP contribution is -2.04. The highest BCUT2D eigenvalue weighted by molar-refractivity contribution is 5.87. The molecule has 0 atom stereocenters. The van der Waals surface area contributed by atoms with Crippen molar-refractivity contribution < 1.29 is 9.53 Å². The minimum Gasteiger partial charge on any atom is -0.464 e. The minimum atomic E-state index is -0.417. The summed E-state index contributed by atoms with van der Waals surface area (Å²) >= 11 is 0. The van der Waals surface area contributed by atoms with E-state index in [0.717, 1.165) is 16.9 Å². The van der Waals surface area contributed by atoms with E-state index < -0.39 is 5.97 Å². The normalized spacial score (nSPS) is 10.3. The van der Waals surface area contributed by atoms with Gasteiger partial charge in [-0.05, 0) is 37.6 Å². The van der Waals surface area contributed by atoms with Crippen molar-refractivity contribution in [3.8, 4) is 5.69 Å². The number of benzene rings is 1. The minimum absolute atomic E-state index is 0.325. The molecule has 0 bridgehead atoms. The number of aromatic nitrogens is 2. The van der Waals surface area contributed by atoms with Crippen LogP contribution in [-0.2, 0) is 4.74 Å². The standard InChI is InChI=1S/C13H14N2O2/c1-9-5-4-6-11(7-9)15-10(2)8-12(14-15)13(16)17-3/h4-8H,1-3H3. The van der Waals surface area contributed by atoms with E-state index >= 15 is 0 Å². The molecule has 17 heavy (non-hydrogen) atoms. The first-order valence-electron chi connectivity index (χ1n) is 5.34. The predicted molar refractivity (Wildman–Crippen MR) is 64.4 cm³/mol. The Morgan fingerprint density at radius 3 is 2.71 bits per heavy atom. The van der Waals surface area contributed by atoms with Gasteiger partial charge in [0.25, 0.3) is 0 Å². The smallest absolute Gasteiger partial charge is 0.358 e. The van der Waals surface area contributed by atoms with Gasteiger partial charge in [0, 0.05) is 5.69 Å². The van der Waals surface area contributed by atoms with Gasteiger partial charge >= 0.3 is 5.97 Å². The number of hydrogen-bond donors (Lipinski definition) is 0. The van der Waals surface area contributed by atoms with E-state index in [-0.39, 0.29) is 0 Å². The first kappa shape index (κ1) is 11.4.